The summed E-state index contributed by atoms with van der Waals surface area (Å²) in [6.45, 7) is 1.55. The van der Waals surface area contributed by atoms with Gasteiger partial charge >= 0.3 is 0 Å². The molecule has 1 saturated heterocycles. The van der Waals surface area contributed by atoms with Gasteiger partial charge in [0.1, 0.15) is 17.4 Å². The zero-order valence-corrected chi connectivity index (χ0v) is 13.6. The first kappa shape index (κ1) is 16.7. The maximum atomic E-state index is 12.0. The third-order valence-electron chi connectivity index (χ3n) is 4.14. The van der Waals surface area contributed by atoms with Crippen LogP contribution in [-0.2, 0) is 9.53 Å². The first-order valence-corrected chi connectivity index (χ1v) is 8.37. The molecule has 1 fully saturated rings. The van der Waals surface area contributed by atoms with E-state index in [1.807, 2.05) is 30.3 Å². The second kappa shape index (κ2) is 8.08. The van der Waals surface area contributed by atoms with Crippen molar-refractivity contribution in [2.24, 2.45) is 5.73 Å². The van der Waals surface area contributed by atoms with Crippen LogP contribution in [0.25, 0.3) is 10.9 Å². The molecule has 1 amide bonds. The number of carbonyl (C=O) groups excluding carboxylic acids is 1. The molecule has 128 valence electrons. The van der Waals surface area contributed by atoms with E-state index in [-0.39, 0.29) is 18.1 Å². The van der Waals surface area contributed by atoms with Crippen LogP contribution < -0.4 is 15.8 Å². The standard InChI is InChI=1S/C18H23N3O3/c19-12-14-7-8-16(24-14)18(22)21-10-3-11-23-15-6-1-4-13-5-2-9-20-17(13)15/h1-2,4-6,9,14,16H,3,7-8,10-12,19H2,(H,21,22)/t14-,16+/m1/s1. The lowest BCUT2D eigenvalue weighted by molar-refractivity contribution is -0.131. The minimum Gasteiger partial charge on any atom is -0.491 e. The van der Waals surface area contributed by atoms with E-state index in [2.05, 4.69) is 10.3 Å². The normalized spacial score (nSPS) is 20.2. The third kappa shape index (κ3) is 4.01. The van der Waals surface area contributed by atoms with E-state index in [1.54, 1.807) is 6.20 Å². The van der Waals surface area contributed by atoms with E-state index in [0.29, 0.717) is 19.7 Å². The van der Waals surface area contributed by atoms with Crippen LogP contribution in [0.4, 0.5) is 0 Å². The van der Waals surface area contributed by atoms with Gasteiger partial charge in [-0.1, -0.05) is 18.2 Å². The lowest BCUT2D eigenvalue weighted by Gasteiger charge is -2.13. The van der Waals surface area contributed by atoms with Crippen LogP contribution in [0.3, 0.4) is 0 Å². The van der Waals surface area contributed by atoms with Crippen molar-refractivity contribution in [3.63, 3.8) is 0 Å². The molecule has 3 N–H and O–H groups in total. The van der Waals surface area contributed by atoms with Gasteiger partial charge in [0.2, 0.25) is 5.91 Å². The van der Waals surface area contributed by atoms with Crippen molar-refractivity contribution in [2.75, 3.05) is 19.7 Å². The average Bonchev–Trinajstić information content (AvgIpc) is 3.11. The minimum atomic E-state index is -0.360. The highest BCUT2D eigenvalue weighted by Gasteiger charge is 2.29. The Kier molecular flexibility index (Phi) is 5.61. The van der Waals surface area contributed by atoms with Gasteiger partial charge in [-0.2, -0.15) is 0 Å². The van der Waals surface area contributed by atoms with Gasteiger partial charge in [-0.15, -0.1) is 0 Å². The molecule has 1 aliphatic heterocycles. The number of aromatic nitrogens is 1. The Balaban J connectivity index is 1.40. The molecule has 6 heteroatoms. The Morgan fingerprint density at radius 1 is 1.33 bits per heavy atom. The first-order chi connectivity index (χ1) is 11.8. The van der Waals surface area contributed by atoms with Crippen molar-refractivity contribution in [3.05, 3.63) is 36.5 Å². The number of ether oxygens (including phenoxy) is 2. The summed E-state index contributed by atoms with van der Waals surface area (Å²) >= 11 is 0. The monoisotopic (exact) mass is 329 g/mol. The fourth-order valence-electron chi connectivity index (χ4n) is 2.84. The molecule has 1 aliphatic rings. The lowest BCUT2D eigenvalue weighted by Crippen LogP contribution is -2.36. The molecule has 0 bridgehead atoms. The number of rotatable bonds is 7. The Morgan fingerprint density at radius 3 is 3.04 bits per heavy atom. The highest BCUT2D eigenvalue weighted by atomic mass is 16.5. The van der Waals surface area contributed by atoms with Crippen LogP contribution in [0.15, 0.2) is 36.5 Å². The van der Waals surface area contributed by atoms with Crippen molar-refractivity contribution >= 4 is 16.8 Å². The predicted octanol–water partition coefficient (Wildman–Crippen LogP) is 1.63. The van der Waals surface area contributed by atoms with Crippen LogP contribution in [0.2, 0.25) is 0 Å². The summed E-state index contributed by atoms with van der Waals surface area (Å²) in [7, 11) is 0. The summed E-state index contributed by atoms with van der Waals surface area (Å²) in [6.07, 6.45) is 3.73. The number of nitrogens with two attached hydrogens (primary N) is 1. The molecule has 1 aromatic heterocycles. The molecular weight excluding hydrogens is 306 g/mol. The fraction of sp³-hybridized carbons (Fsp3) is 0.444. The topological polar surface area (TPSA) is 86.5 Å². The zero-order chi connectivity index (χ0) is 16.8. The van der Waals surface area contributed by atoms with E-state index in [4.69, 9.17) is 15.2 Å². The maximum absolute atomic E-state index is 12.0. The van der Waals surface area contributed by atoms with E-state index in [9.17, 15) is 4.79 Å². The van der Waals surface area contributed by atoms with Gasteiger partial charge < -0.3 is 20.5 Å². The third-order valence-corrected chi connectivity index (χ3v) is 4.14. The van der Waals surface area contributed by atoms with Crippen molar-refractivity contribution in [1.29, 1.82) is 0 Å². The predicted molar refractivity (Wildman–Crippen MR) is 91.8 cm³/mol. The van der Waals surface area contributed by atoms with E-state index in [0.717, 1.165) is 35.9 Å². The number of fused-ring (bicyclic) bond motifs is 1. The number of hydrogen-bond acceptors (Lipinski definition) is 5. The van der Waals surface area contributed by atoms with Gasteiger partial charge in [0.05, 0.1) is 12.7 Å². The van der Waals surface area contributed by atoms with Crippen LogP contribution in [0.1, 0.15) is 19.3 Å². The fourth-order valence-corrected chi connectivity index (χ4v) is 2.84. The highest BCUT2D eigenvalue weighted by Crippen LogP contribution is 2.23. The Bertz CT molecular complexity index is 687. The molecule has 0 saturated carbocycles. The number of amides is 1. The molecule has 2 aromatic rings. The SMILES string of the molecule is NC[C@H]1CC[C@@H](C(=O)NCCCOc2cccc3cccnc23)O1. The van der Waals surface area contributed by atoms with Crippen molar-refractivity contribution in [1.82, 2.24) is 10.3 Å². The summed E-state index contributed by atoms with van der Waals surface area (Å²) in [5, 5.41) is 3.94. The van der Waals surface area contributed by atoms with Crippen LogP contribution >= 0.6 is 0 Å². The van der Waals surface area contributed by atoms with E-state index >= 15 is 0 Å². The van der Waals surface area contributed by atoms with Gasteiger partial charge in [-0.05, 0) is 31.4 Å². The van der Waals surface area contributed by atoms with Crippen molar-refractivity contribution in [3.8, 4) is 5.75 Å². The number of carbonyl (C=O) groups is 1. The largest absolute Gasteiger partial charge is 0.491 e. The molecule has 3 rings (SSSR count). The van der Waals surface area contributed by atoms with Crippen LogP contribution in [-0.4, -0.2) is 42.8 Å². The summed E-state index contributed by atoms with van der Waals surface area (Å²) in [4.78, 5) is 16.3. The highest BCUT2D eigenvalue weighted by molar-refractivity contribution is 5.84. The van der Waals surface area contributed by atoms with Crippen molar-refractivity contribution < 1.29 is 14.3 Å². The second-order valence-electron chi connectivity index (χ2n) is 5.88. The molecule has 0 radical (unpaired) electrons. The van der Waals surface area contributed by atoms with Crippen LogP contribution in [0.5, 0.6) is 5.75 Å². The Labute approximate surface area is 141 Å². The smallest absolute Gasteiger partial charge is 0.249 e. The summed E-state index contributed by atoms with van der Waals surface area (Å²) in [6, 6.07) is 9.78. The number of para-hydroxylation sites is 1. The molecule has 0 aliphatic carbocycles. The summed E-state index contributed by atoms with van der Waals surface area (Å²) in [5.74, 6) is 0.710. The molecule has 1 aromatic carbocycles. The summed E-state index contributed by atoms with van der Waals surface area (Å²) < 4.78 is 11.4. The number of nitrogens with zero attached hydrogens (tertiary/aromatic N) is 1. The lowest BCUT2D eigenvalue weighted by atomic mass is 10.2. The molecule has 2 heterocycles. The Morgan fingerprint density at radius 2 is 2.21 bits per heavy atom. The van der Waals surface area contributed by atoms with Gasteiger partial charge in [-0.25, -0.2) is 0 Å². The number of nitrogens with one attached hydrogen (secondary N) is 1. The molecular formula is C18H23N3O3. The number of pyridine rings is 1. The Hall–Kier alpha value is -2.18. The quantitative estimate of drug-likeness (QED) is 0.754. The molecule has 24 heavy (non-hydrogen) atoms. The van der Waals surface area contributed by atoms with Gasteiger partial charge in [-0.3, -0.25) is 9.78 Å². The maximum Gasteiger partial charge on any atom is 0.249 e. The molecule has 6 nitrogen and oxygen atoms in total. The number of hydrogen-bond donors (Lipinski definition) is 2. The second-order valence-corrected chi connectivity index (χ2v) is 5.88. The average molecular weight is 329 g/mol. The summed E-state index contributed by atoms with van der Waals surface area (Å²) in [5.41, 5.74) is 6.41. The zero-order valence-electron chi connectivity index (χ0n) is 13.6. The molecule has 0 unspecified atom stereocenters. The van der Waals surface area contributed by atoms with E-state index < -0.39 is 0 Å². The van der Waals surface area contributed by atoms with Gasteiger partial charge in [0.25, 0.3) is 0 Å². The van der Waals surface area contributed by atoms with Crippen LogP contribution in [0, 0.1) is 0 Å². The van der Waals surface area contributed by atoms with Gasteiger partial charge in [0.15, 0.2) is 0 Å². The van der Waals surface area contributed by atoms with Crippen molar-refractivity contribution in [2.45, 2.75) is 31.5 Å². The van der Waals surface area contributed by atoms with E-state index in [1.165, 1.54) is 0 Å². The molecule has 0 spiro atoms. The van der Waals surface area contributed by atoms with Gasteiger partial charge in [0, 0.05) is 24.7 Å². The minimum absolute atomic E-state index is 0.0166. The number of benzene rings is 1. The first-order valence-electron chi connectivity index (χ1n) is 8.37. The molecule has 2 atom stereocenters.